The fourth-order valence-corrected chi connectivity index (χ4v) is 4.13. The van der Waals surface area contributed by atoms with Crippen molar-refractivity contribution in [2.45, 2.75) is 39.0 Å². The predicted octanol–water partition coefficient (Wildman–Crippen LogP) is 4.69. The van der Waals surface area contributed by atoms with E-state index in [0.717, 1.165) is 24.0 Å². The van der Waals surface area contributed by atoms with Gasteiger partial charge in [-0.1, -0.05) is 18.2 Å². The van der Waals surface area contributed by atoms with Crippen LogP contribution in [0.25, 0.3) is 11.3 Å². The molecule has 0 aliphatic carbocycles. The summed E-state index contributed by atoms with van der Waals surface area (Å²) < 4.78 is 84.6. The van der Waals surface area contributed by atoms with Crippen molar-refractivity contribution >= 4 is 15.9 Å². The molecule has 1 aromatic heterocycles. The van der Waals surface area contributed by atoms with E-state index in [9.17, 15) is 30.8 Å². The number of halogens is 4. The summed E-state index contributed by atoms with van der Waals surface area (Å²) in [5.74, 6) is -1.52. The second-order valence-corrected chi connectivity index (χ2v) is 10.7. The summed E-state index contributed by atoms with van der Waals surface area (Å²) in [6.45, 7) is 2.96. The minimum atomic E-state index is -4.66. The number of aromatic nitrogens is 1. The lowest BCUT2D eigenvalue weighted by Crippen LogP contribution is -2.28. The van der Waals surface area contributed by atoms with Crippen LogP contribution in [-0.4, -0.2) is 32.7 Å². The van der Waals surface area contributed by atoms with Gasteiger partial charge < -0.3 is 10.1 Å². The third-order valence-electron chi connectivity index (χ3n) is 5.78. The Hall–Kier alpha value is -3.51. The van der Waals surface area contributed by atoms with Crippen LogP contribution in [-0.2, 0) is 34.1 Å². The van der Waals surface area contributed by atoms with Crippen LogP contribution in [0.4, 0.5) is 17.6 Å². The molecule has 2 aromatic carbocycles. The fourth-order valence-electron chi connectivity index (χ4n) is 3.71. The average Bonchev–Trinajstić information content (AvgIpc) is 2.84. The number of alkyl halides is 3. The van der Waals surface area contributed by atoms with Crippen LogP contribution in [0.5, 0.6) is 5.75 Å². The number of ether oxygens (including phenoxy) is 1. The number of nitrogens with one attached hydrogen (secondary N) is 2. The molecule has 0 radical (unpaired) electrons. The number of hydrogen-bond acceptors (Lipinski definition) is 5. The van der Waals surface area contributed by atoms with Crippen LogP contribution < -0.4 is 14.8 Å². The molecule has 7 nitrogen and oxygen atoms in total. The minimum Gasteiger partial charge on any atom is -0.497 e. The van der Waals surface area contributed by atoms with Gasteiger partial charge >= 0.3 is 6.18 Å². The lowest BCUT2D eigenvalue weighted by atomic mass is 9.98. The SMILES string of the molecule is COc1cc(C)cc(-c2nc(C(F)(F)F)ccc2CNC(=O)C(C)c2ccc(CNS(C)(=O)=O)c(F)c2)c1. The number of aryl methyl sites for hydroxylation is 1. The third kappa shape index (κ3) is 7.51. The van der Waals surface area contributed by atoms with E-state index in [2.05, 4.69) is 15.0 Å². The summed E-state index contributed by atoms with van der Waals surface area (Å²) in [6, 6.07) is 11.1. The first-order valence-corrected chi connectivity index (χ1v) is 13.3. The average molecular weight is 554 g/mol. The maximum atomic E-state index is 14.5. The second kappa shape index (κ2) is 11.5. The van der Waals surface area contributed by atoms with Crippen LogP contribution in [0.2, 0.25) is 0 Å². The topological polar surface area (TPSA) is 97.4 Å². The number of amides is 1. The lowest BCUT2D eigenvalue weighted by molar-refractivity contribution is -0.141. The highest BCUT2D eigenvalue weighted by Gasteiger charge is 2.33. The molecule has 38 heavy (non-hydrogen) atoms. The molecule has 0 aliphatic heterocycles. The molecule has 0 saturated carbocycles. The van der Waals surface area contributed by atoms with Gasteiger partial charge in [0.15, 0.2) is 0 Å². The molecule has 12 heteroatoms. The Bertz CT molecular complexity index is 1440. The van der Waals surface area contributed by atoms with Gasteiger partial charge in [-0.3, -0.25) is 4.79 Å². The molecule has 0 saturated heterocycles. The second-order valence-electron chi connectivity index (χ2n) is 8.82. The maximum absolute atomic E-state index is 14.5. The fraction of sp³-hybridized carbons (Fsp3) is 0.308. The van der Waals surface area contributed by atoms with Gasteiger partial charge in [-0.2, -0.15) is 13.2 Å². The molecule has 1 atom stereocenters. The van der Waals surface area contributed by atoms with Crippen molar-refractivity contribution in [1.82, 2.24) is 15.0 Å². The van der Waals surface area contributed by atoms with E-state index in [1.807, 2.05) is 0 Å². The first-order valence-electron chi connectivity index (χ1n) is 11.4. The Kier molecular flexibility index (Phi) is 8.78. The summed E-state index contributed by atoms with van der Waals surface area (Å²) in [5.41, 5.74) is 0.920. The first kappa shape index (κ1) is 29.1. The number of methoxy groups -OCH3 is 1. The Labute approximate surface area is 218 Å². The monoisotopic (exact) mass is 553 g/mol. The van der Waals surface area contributed by atoms with Gasteiger partial charge in [0.2, 0.25) is 15.9 Å². The molecular weight excluding hydrogens is 526 g/mol. The Balaban J connectivity index is 1.83. The number of carbonyl (C=O) groups excluding carboxylic acids is 1. The standard InChI is InChI=1S/C26H27F4N3O4S/c1-15-9-20(11-21(10-15)37-3)24-19(7-8-23(33-24)26(28,29)30)13-31-25(34)16(2)17-5-6-18(22(27)12-17)14-32-38(4,35)36/h5-12,16,32H,13-14H2,1-4H3,(H,31,34). The molecule has 1 heterocycles. The number of rotatable bonds is 9. The van der Waals surface area contributed by atoms with Crippen molar-refractivity contribution in [1.29, 1.82) is 0 Å². The first-order chi connectivity index (χ1) is 17.7. The van der Waals surface area contributed by atoms with E-state index in [-0.39, 0.29) is 24.3 Å². The number of benzene rings is 2. The van der Waals surface area contributed by atoms with E-state index < -0.39 is 39.5 Å². The lowest BCUT2D eigenvalue weighted by Gasteiger charge is -2.17. The number of carbonyl (C=O) groups is 1. The van der Waals surface area contributed by atoms with Crippen molar-refractivity contribution in [2.24, 2.45) is 0 Å². The highest BCUT2D eigenvalue weighted by molar-refractivity contribution is 7.88. The molecule has 0 aliphatic rings. The smallest absolute Gasteiger partial charge is 0.433 e. The van der Waals surface area contributed by atoms with Crippen molar-refractivity contribution in [3.8, 4) is 17.0 Å². The van der Waals surface area contributed by atoms with E-state index >= 15 is 0 Å². The highest BCUT2D eigenvalue weighted by atomic mass is 32.2. The van der Waals surface area contributed by atoms with Gasteiger partial charge in [-0.25, -0.2) is 22.5 Å². The molecule has 2 N–H and O–H groups in total. The van der Waals surface area contributed by atoms with Crippen molar-refractivity contribution in [3.05, 3.63) is 82.3 Å². The molecular formula is C26H27F4N3O4S. The van der Waals surface area contributed by atoms with Crippen LogP contribution in [0.3, 0.4) is 0 Å². The molecule has 3 aromatic rings. The molecule has 1 unspecified atom stereocenters. The third-order valence-corrected chi connectivity index (χ3v) is 6.45. The van der Waals surface area contributed by atoms with E-state index in [0.29, 0.717) is 22.4 Å². The van der Waals surface area contributed by atoms with E-state index in [1.165, 1.54) is 25.3 Å². The van der Waals surface area contributed by atoms with Crippen molar-refractivity contribution in [3.63, 3.8) is 0 Å². The quantitative estimate of drug-likeness (QED) is 0.375. The number of sulfonamides is 1. The van der Waals surface area contributed by atoms with Crippen LogP contribution in [0.15, 0.2) is 48.5 Å². The maximum Gasteiger partial charge on any atom is 0.433 e. The molecule has 204 valence electrons. The van der Waals surface area contributed by atoms with Gasteiger partial charge in [0, 0.05) is 24.2 Å². The zero-order valence-corrected chi connectivity index (χ0v) is 21.9. The zero-order chi connectivity index (χ0) is 28.3. The molecule has 0 fully saturated rings. The molecule has 0 bridgehead atoms. The van der Waals surface area contributed by atoms with Gasteiger partial charge in [0.1, 0.15) is 17.3 Å². The molecule has 1 amide bonds. The Morgan fingerprint density at radius 2 is 1.74 bits per heavy atom. The predicted molar refractivity (Wildman–Crippen MR) is 134 cm³/mol. The van der Waals surface area contributed by atoms with Gasteiger partial charge in [0.25, 0.3) is 0 Å². The summed E-state index contributed by atoms with van der Waals surface area (Å²) in [6.07, 6.45) is -3.70. The number of nitrogens with zero attached hydrogens (tertiary/aromatic N) is 1. The summed E-state index contributed by atoms with van der Waals surface area (Å²) in [7, 11) is -2.07. The van der Waals surface area contributed by atoms with Crippen LogP contribution in [0, 0.1) is 12.7 Å². The number of hydrogen-bond donors (Lipinski definition) is 2. The summed E-state index contributed by atoms with van der Waals surface area (Å²) in [4.78, 5) is 16.7. The summed E-state index contributed by atoms with van der Waals surface area (Å²) in [5, 5.41) is 2.68. The minimum absolute atomic E-state index is 0.0450. The molecule has 0 spiro atoms. The normalized spacial score (nSPS) is 12.7. The van der Waals surface area contributed by atoms with Gasteiger partial charge in [-0.05, 0) is 60.9 Å². The Morgan fingerprint density at radius 1 is 1.05 bits per heavy atom. The summed E-state index contributed by atoms with van der Waals surface area (Å²) >= 11 is 0. The van der Waals surface area contributed by atoms with Crippen molar-refractivity contribution < 1.29 is 35.5 Å². The van der Waals surface area contributed by atoms with Crippen LogP contribution in [0.1, 0.15) is 40.8 Å². The van der Waals surface area contributed by atoms with Crippen molar-refractivity contribution in [2.75, 3.05) is 13.4 Å². The Morgan fingerprint density at radius 3 is 2.34 bits per heavy atom. The molecule has 3 rings (SSSR count). The van der Waals surface area contributed by atoms with E-state index in [4.69, 9.17) is 4.74 Å². The zero-order valence-electron chi connectivity index (χ0n) is 21.1. The number of pyridine rings is 1. The highest BCUT2D eigenvalue weighted by Crippen LogP contribution is 2.33. The van der Waals surface area contributed by atoms with Gasteiger partial charge in [-0.15, -0.1) is 0 Å². The van der Waals surface area contributed by atoms with Gasteiger partial charge in [0.05, 0.1) is 25.0 Å². The van der Waals surface area contributed by atoms with E-state index in [1.54, 1.807) is 32.0 Å². The largest absolute Gasteiger partial charge is 0.497 e. The van der Waals surface area contributed by atoms with Crippen LogP contribution >= 0.6 is 0 Å².